The lowest BCUT2D eigenvalue weighted by Gasteiger charge is -1.98. The average Bonchev–Trinajstić information content (AvgIpc) is 3.04. The molecule has 0 bridgehead atoms. The third-order valence-electron chi connectivity index (χ3n) is 2.42. The van der Waals surface area contributed by atoms with Crippen molar-refractivity contribution in [3.8, 4) is 0 Å². The van der Waals surface area contributed by atoms with Gasteiger partial charge in [-0.05, 0) is 31.9 Å². The molecule has 1 fully saturated rings. The minimum Gasteiger partial charge on any atom is -0.314 e. The average molecular weight is 206 g/mol. The summed E-state index contributed by atoms with van der Waals surface area (Å²) in [5.74, 6) is -0.260. The van der Waals surface area contributed by atoms with Crippen LogP contribution in [-0.2, 0) is 0 Å². The van der Waals surface area contributed by atoms with Gasteiger partial charge in [-0.3, -0.25) is 4.98 Å². The smallest absolute Gasteiger partial charge is 0.148 e. The minimum atomic E-state index is -0.260. The van der Waals surface area contributed by atoms with Gasteiger partial charge in [-0.15, -0.1) is 0 Å². The number of hydrogen-bond donors (Lipinski definition) is 1. The Morgan fingerprint density at radius 2 is 2.40 bits per heavy atom. The number of halogens is 1. The van der Waals surface area contributed by atoms with Gasteiger partial charge in [0.25, 0.3) is 0 Å². The molecule has 0 amide bonds. The summed E-state index contributed by atoms with van der Waals surface area (Å²) in [6.45, 7) is 0.980. The van der Waals surface area contributed by atoms with E-state index in [0.29, 0.717) is 5.56 Å². The Labute approximate surface area is 89.2 Å². The molecule has 2 rings (SSSR count). The van der Waals surface area contributed by atoms with Crippen LogP contribution in [0.25, 0.3) is 6.08 Å². The maximum absolute atomic E-state index is 13.1. The van der Waals surface area contributed by atoms with Gasteiger partial charge < -0.3 is 5.32 Å². The van der Waals surface area contributed by atoms with Gasteiger partial charge in [-0.25, -0.2) is 4.39 Å². The molecule has 15 heavy (non-hydrogen) atoms. The van der Waals surface area contributed by atoms with E-state index < -0.39 is 0 Å². The van der Waals surface area contributed by atoms with Crippen molar-refractivity contribution in [2.75, 3.05) is 6.54 Å². The number of nitrogens with one attached hydrogen (secondary N) is 1. The van der Waals surface area contributed by atoms with E-state index in [4.69, 9.17) is 0 Å². The Balaban J connectivity index is 1.74. The lowest BCUT2D eigenvalue weighted by molar-refractivity contribution is 0.618. The first-order valence-electron chi connectivity index (χ1n) is 5.36. The highest BCUT2D eigenvalue weighted by atomic mass is 19.1. The fourth-order valence-corrected chi connectivity index (χ4v) is 1.39. The van der Waals surface area contributed by atoms with E-state index >= 15 is 0 Å². The molecule has 0 saturated heterocycles. The van der Waals surface area contributed by atoms with Gasteiger partial charge in [0.1, 0.15) is 5.82 Å². The fourth-order valence-electron chi connectivity index (χ4n) is 1.39. The van der Waals surface area contributed by atoms with Gasteiger partial charge in [0.15, 0.2) is 0 Å². The van der Waals surface area contributed by atoms with Crippen molar-refractivity contribution in [1.29, 1.82) is 0 Å². The highest BCUT2D eigenvalue weighted by Crippen LogP contribution is 2.18. The second kappa shape index (κ2) is 5.03. The van der Waals surface area contributed by atoms with Crippen molar-refractivity contribution in [2.24, 2.45) is 0 Å². The van der Waals surface area contributed by atoms with E-state index in [2.05, 4.69) is 10.3 Å². The Bertz CT molecular complexity index is 345. The second-order valence-electron chi connectivity index (χ2n) is 3.82. The molecule has 2 nitrogen and oxygen atoms in total. The van der Waals surface area contributed by atoms with Gasteiger partial charge in [0.05, 0.1) is 6.20 Å². The zero-order valence-electron chi connectivity index (χ0n) is 8.62. The van der Waals surface area contributed by atoms with Crippen LogP contribution in [0.3, 0.4) is 0 Å². The first kappa shape index (κ1) is 10.3. The minimum absolute atomic E-state index is 0.260. The Morgan fingerprint density at radius 3 is 3.13 bits per heavy atom. The molecule has 0 radical (unpaired) electrons. The van der Waals surface area contributed by atoms with Crippen LogP contribution in [0.2, 0.25) is 0 Å². The fraction of sp³-hybridized carbons (Fsp3) is 0.417. The predicted molar refractivity (Wildman–Crippen MR) is 58.9 cm³/mol. The third-order valence-corrected chi connectivity index (χ3v) is 2.42. The topological polar surface area (TPSA) is 24.9 Å². The van der Waals surface area contributed by atoms with Crippen molar-refractivity contribution < 1.29 is 4.39 Å². The predicted octanol–water partition coefficient (Wildman–Crippen LogP) is 2.38. The Kier molecular flexibility index (Phi) is 3.45. The van der Waals surface area contributed by atoms with E-state index in [0.717, 1.165) is 19.0 Å². The first-order chi connectivity index (χ1) is 7.36. The molecule has 1 aromatic rings. The molecule has 0 aromatic carbocycles. The first-order valence-corrected chi connectivity index (χ1v) is 5.36. The standard InChI is InChI=1S/C12H15FN2/c13-12-9-14-8-6-10(12)3-1-2-7-15-11-4-5-11/h1,3,6,8-9,11,15H,2,4-5,7H2/b3-1+. The molecular weight excluding hydrogens is 191 g/mol. The van der Waals surface area contributed by atoms with E-state index in [1.807, 2.05) is 12.2 Å². The monoisotopic (exact) mass is 206 g/mol. The van der Waals surface area contributed by atoms with Crippen LogP contribution in [0.5, 0.6) is 0 Å². The number of hydrogen-bond acceptors (Lipinski definition) is 2. The summed E-state index contributed by atoms with van der Waals surface area (Å²) in [6.07, 6.45) is 10.2. The van der Waals surface area contributed by atoms with Crippen molar-refractivity contribution in [3.63, 3.8) is 0 Å². The number of rotatable bonds is 5. The molecule has 0 atom stereocenters. The molecule has 0 spiro atoms. The van der Waals surface area contributed by atoms with Gasteiger partial charge in [0, 0.05) is 17.8 Å². The summed E-state index contributed by atoms with van der Waals surface area (Å²) in [6, 6.07) is 2.43. The molecule has 1 heterocycles. The maximum atomic E-state index is 13.1. The maximum Gasteiger partial charge on any atom is 0.148 e. The lowest BCUT2D eigenvalue weighted by Crippen LogP contribution is -2.16. The summed E-state index contributed by atoms with van der Waals surface area (Å²) in [5, 5.41) is 3.40. The van der Waals surface area contributed by atoms with Crippen LogP contribution in [0, 0.1) is 5.82 Å². The van der Waals surface area contributed by atoms with Crippen molar-refractivity contribution in [3.05, 3.63) is 35.9 Å². The highest BCUT2D eigenvalue weighted by Gasteiger charge is 2.19. The van der Waals surface area contributed by atoms with E-state index in [9.17, 15) is 4.39 Å². The molecular formula is C12H15FN2. The van der Waals surface area contributed by atoms with Gasteiger partial charge in [-0.2, -0.15) is 0 Å². The van der Waals surface area contributed by atoms with Crippen molar-refractivity contribution in [2.45, 2.75) is 25.3 Å². The van der Waals surface area contributed by atoms with Crippen molar-refractivity contribution >= 4 is 6.08 Å². The number of aromatic nitrogens is 1. The van der Waals surface area contributed by atoms with E-state index in [1.54, 1.807) is 12.3 Å². The van der Waals surface area contributed by atoms with Crippen molar-refractivity contribution in [1.82, 2.24) is 10.3 Å². The van der Waals surface area contributed by atoms with Gasteiger partial charge in [0.2, 0.25) is 0 Å². The van der Waals surface area contributed by atoms with Crippen LogP contribution < -0.4 is 5.32 Å². The van der Waals surface area contributed by atoms with Gasteiger partial charge >= 0.3 is 0 Å². The molecule has 1 aliphatic rings. The zero-order chi connectivity index (χ0) is 10.5. The summed E-state index contributed by atoms with van der Waals surface area (Å²) >= 11 is 0. The summed E-state index contributed by atoms with van der Waals surface area (Å²) in [5.41, 5.74) is 0.608. The van der Waals surface area contributed by atoms with Crippen LogP contribution in [0.4, 0.5) is 4.39 Å². The molecule has 1 saturated carbocycles. The second-order valence-corrected chi connectivity index (χ2v) is 3.82. The molecule has 1 aliphatic carbocycles. The molecule has 3 heteroatoms. The largest absolute Gasteiger partial charge is 0.314 e. The van der Waals surface area contributed by atoms with Gasteiger partial charge in [-0.1, -0.05) is 12.2 Å². The summed E-state index contributed by atoms with van der Waals surface area (Å²) in [4.78, 5) is 3.70. The normalized spacial score (nSPS) is 16.1. The zero-order valence-corrected chi connectivity index (χ0v) is 8.62. The molecule has 0 aliphatic heterocycles. The van der Waals surface area contributed by atoms with Crippen LogP contribution in [0.1, 0.15) is 24.8 Å². The number of nitrogens with zero attached hydrogens (tertiary/aromatic N) is 1. The molecule has 80 valence electrons. The lowest BCUT2D eigenvalue weighted by atomic mass is 10.2. The number of pyridine rings is 1. The third kappa shape index (κ3) is 3.44. The van der Waals surface area contributed by atoms with Crippen LogP contribution >= 0.6 is 0 Å². The summed E-state index contributed by atoms with van der Waals surface area (Å²) in [7, 11) is 0. The SMILES string of the molecule is Fc1cnccc1/C=C/CCNC1CC1. The molecule has 1 aromatic heterocycles. The molecule has 1 N–H and O–H groups in total. The molecule has 0 unspecified atom stereocenters. The van der Waals surface area contributed by atoms with Crippen LogP contribution in [0.15, 0.2) is 24.5 Å². The highest BCUT2D eigenvalue weighted by molar-refractivity contribution is 5.48. The van der Waals surface area contributed by atoms with E-state index in [1.165, 1.54) is 19.0 Å². The quantitative estimate of drug-likeness (QED) is 0.748. The summed E-state index contributed by atoms with van der Waals surface area (Å²) < 4.78 is 13.1. The Hall–Kier alpha value is -1.22. The van der Waals surface area contributed by atoms with E-state index in [-0.39, 0.29) is 5.82 Å². The van der Waals surface area contributed by atoms with Crippen LogP contribution in [-0.4, -0.2) is 17.6 Å². The Morgan fingerprint density at radius 1 is 1.53 bits per heavy atom.